The second-order valence-corrected chi connectivity index (χ2v) is 6.93. The van der Waals surface area contributed by atoms with E-state index >= 15 is 0 Å². The molecule has 0 aliphatic heterocycles. The molecule has 4 nitrogen and oxygen atoms in total. The number of benzene rings is 1. The van der Waals surface area contributed by atoms with Crippen molar-refractivity contribution in [1.29, 1.82) is 0 Å². The van der Waals surface area contributed by atoms with Gasteiger partial charge in [-0.15, -0.1) is 0 Å². The summed E-state index contributed by atoms with van der Waals surface area (Å²) < 4.78 is 53.6. The van der Waals surface area contributed by atoms with Crippen molar-refractivity contribution in [2.75, 3.05) is 0 Å². The Morgan fingerprint density at radius 3 is 2.35 bits per heavy atom. The summed E-state index contributed by atoms with van der Waals surface area (Å²) in [7, 11) is -4.11. The van der Waals surface area contributed by atoms with Gasteiger partial charge in [-0.25, -0.2) is 21.9 Å². The smallest absolute Gasteiger partial charge is 0.243 e. The van der Waals surface area contributed by atoms with Crippen LogP contribution in [-0.4, -0.2) is 14.5 Å². The Morgan fingerprint density at radius 1 is 1.25 bits per heavy atom. The van der Waals surface area contributed by atoms with E-state index in [0.29, 0.717) is 6.42 Å². The molecule has 20 heavy (non-hydrogen) atoms. The Kier molecular flexibility index (Phi) is 5.61. The first-order chi connectivity index (χ1) is 9.17. The number of halogens is 2. The van der Waals surface area contributed by atoms with Gasteiger partial charge in [-0.3, -0.25) is 0 Å². The van der Waals surface area contributed by atoms with Crippen LogP contribution in [0.25, 0.3) is 0 Å². The third kappa shape index (κ3) is 4.22. The molecule has 0 amide bonds. The fourth-order valence-electron chi connectivity index (χ4n) is 2.01. The first-order valence-electron chi connectivity index (χ1n) is 6.37. The van der Waals surface area contributed by atoms with Gasteiger partial charge in [0.1, 0.15) is 4.90 Å². The SMILES string of the molecule is CC(C)CC(C)NS(=O)(=O)c1cc(CN)cc(F)c1F. The lowest BCUT2D eigenvalue weighted by Crippen LogP contribution is -2.34. The monoisotopic (exact) mass is 306 g/mol. The molecule has 114 valence electrons. The molecule has 1 atom stereocenters. The Hall–Kier alpha value is -1.05. The number of nitrogens with one attached hydrogen (secondary N) is 1. The second kappa shape index (κ2) is 6.60. The van der Waals surface area contributed by atoms with Gasteiger partial charge in [-0.1, -0.05) is 13.8 Å². The lowest BCUT2D eigenvalue weighted by molar-refractivity contribution is 0.467. The molecule has 0 radical (unpaired) electrons. The molecular formula is C13H20F2N2O2S. The van der Waals surface area contributed by atoms with E-state index < -0.39 is 26.6 Å². The predicted molar refractivity (Wildman–Crippen MR) is 73.5 cm³/mol. The lowest BCUT2D eigenvalue weighted by Gasteiger charge is -2.17. The maximum atomic E-state index is 13.7. The fourth-order valence-corrected chi connectivity index (χ4v) is 3.41. The molecule has 0 saturated heterocycles. The fraction of sp³-hybridized carbons (Fsp3) is 0.538. The summed E-state index contributed by atoms with van der Waals surface area (Å²) in [6.45, 7) is 5.50. The lowest BCUT2D eigenvalue weighted by atomic mass is 10.1. The van der Waals surface area contributed by atoms with E-state index in [1.165, 1.54) is 0 Å². The summed E-state index contributed by atoms with van der Waals surface area (Å²) in [4.78, 5) is -0.700. The number of hydrogen-bond donors (Lipinski definition) is 2. The molecule has 1 rings (SSSR count). The first kappa shape index (κ1) is 17.0. The van der Waals surface area contributed by atoms with Gasteiger partial charge in [0.05, 0.1) is 0 Å². The van der Waals surface area contributed by atoms with E-state index in [0.717, 1.165) is 12.1 Å². The maximum absolute atomic E-state index is 13.7. The Bertz CT molecular complexity index is 574. The molecular weight excluding hydrogens is 286 g/mol. The van der Waals surface area contributed by atoms with Gasteiger partial charge in [-0.05, 0) is 37.0 Å². The standard InChI is InChI=1S/C13H20F2N2O2S/c1-8(2)4-9(3)17-20(18,19)12-6-10(7-16)5-11(14)13(12)15/h5-6,8-9,17H,4,7,16H2,1-3H3. The van der Waals surface area contributed by atoms with Crippen molar-refractivity contribution >= 4 is 10.0 Å². The summed E-state index contributed by atoms with van der Waals surface area (Å²) in [5.74, 6) is -2.32. The molecule has 0 aromatic heterocycles. The van der Waals surface area contributed by atoms with Gasteiger partial charge in [0.15, 0.2) is 11.6 Å². The third-order valence-electron chi connectivity index (χ3n) is 2.76. The summed E-state index contributed by atoms with van der Waals surface area (Å²) in [6, 6.07) is 1.58. The third-order valence-corrected chi connectivity index (χ3v) is 4.35. The van der Waals surface area contributed by atoms with Crippen molar-refractivity contribution in [2.24, 2.45) is 11.7 Å². The highest BCUT2D eigenvalue weighted by Crippen LogP contribution is 2.20. The van der Waals surface area contributed by atoms with Crippen molar-refractivity contribution < 1.29 is 17.2 Å². The largest absolute Gasteiger partial charge is 0.326 e. The molecule has 1 aromatic carbocycles. The van der Waals surface area contributed by atoms with Crippen LogP contribution in [0.2, 0.25) is 0 Å². The first-order valence-corrected chi connectivity index (χ1v) is 7.86. The van der Waals surface area contributed by atoms with Gasteiger partial charge < -0.3 is 5.73 Å². The van der Waals surface area contributed by atoms with Crippen molar-refractivity contribution in [3.8, 4) is 0 Å². The van der Waals surface area contributed by atoms with E-state index in [-0.39, 0.29) is 24.1 Å². The zero-order chi connectivity index (χ0) is 15.5. The minimum absolute atomic E-state index is 0.0682. The normalized spacial score (nSPS) is 13.8. The highest BCUT2D eigenvalue weighted by Gasteiger charge is 2.24. The zero-order valence-corrected chi connectivity index (χ0v) is 12.6. The number of sulfonamides is 1. The highest BCUT2D eigenvalue weighted by atomic mass is 32.2. The van der Waals surface area contributed by atoms with E-state index in [2.05, 4.69) is 4.72 Å². The van der Waals surface area contributed by atoms with Gasteiger partial charge in [0.25, 0.3) is 0 Å². The van der Waals surface area contributed by atoms with Gasteiger partial charge in [0, 0.05) is 12.6 Å². The minimum atomic E-state index is -4.11. The summed E-state index contributed by atoms with van der Waals surface area (Å²) in [5.41, 5.74) is 5.57. The molecule has 7 heteroatoms. The molecule has 0 heterocycles. The van der Waals surface area contributed by atoms with Gasteiger partial charge in [-0.2, -0.15) is 0 Å². The zero-order valence-electron chi connectivity index (χ0n) is 11.8. The van der Waals surface area contributed by atoms with Crippen LogP contribution in [0.5, 0.6) is 0 Å². The molecule has 0 aliphatic carbocycles. The van der Waals surface area contributed by atoms with Crippen LogP contribution in [0, 0.1) is 17.6 Å². The van der Waals surface area contributed by atoms with Crippen LogP contribution < -0.4 is 10.5 Å². The highest BCUT2D eigenvalue weighted by molar-refractivity contribution is 7.89. The van der Waals surface area contributed by atoms with E-state index in [1.807, 2.05) is 13.8 Å². The Balaban J connectivity index is 3.12. The number of nitrogens with two attached hydrogens (primary N) is 1. The van der Waals surface area contributed by atoms with Gasteiger partial charge in [0.2, 0.25) is 10.0 Å². The van der Waals surface area contributed by atoms with Crippen LogP contribution in [0.3, 0.4) is 0 Å². The second-order valence-electron chi connectivity index (χ2n) is 5.25. The maximum Gasteiger partial charge on any atom is 0.243 e. The van der Waals surface area contributed by atoms with Crippen molar-refractivity contribution in [3.63, 3.8) is 0 Å². The average molecular weight is 306 g/mol. The number of rotatable bonds is 6. The van der Waals surface area contributed by atoms with Gasteiger partial charge >= 0.3 is 0 Å². The molecule has 1 aromatic rings. The molecule has 0 spiro atoms. The van der Waals surface area contributed by atoms with Crippen LogP contribution in [-0.2, 0) is 16.6 Å². The van der Waals surface area contributed by atoms with E-state index in [9.17, 15) is 17.2 Å². The summed E-state index contributed by atoms with van der Waals surface area (Å²) >= 11 is 0. The molecule has 3 N–H and O–H groups in total. The Labute approximate surface area is 118 Å². The van der Waals surface area contributed by atoms with Crippen molar-refractivity contribution in [3.05, 3.63) is 29.3 Å². The predicted octanol–water partition coefficient (Wildman–Crippen LogP) is 2.14. The van der Waals surface area contributed by atoms with Crippen LogP contribution in [0.15, 0.2) is 17.0 Å². The summed E-state index contributed by atoms with van der Waals surface area (Å²) in [6.07, 6.45) is 0.597. The van der Waals surface area contributed by atoms with E-state index in [1.54, 1.807) is 6.92 Å². The number of hydrogen-bond acceptors (Lipinski definition) is 3. The average Bonchev–Trinajstić information content (AvgIpc) is 2.30. The molecule has 0 fully saturated rings. The topological polar surface area (TPSA) is 72.2 Å². The Morgan fingerprint density at radius 2 is 1.85 bits per heavy atom. The molecule has 0 saturated carbocycles. The summed E-state index contributed by atoms with van der Waals surface area (Å²) in [5, 5.41) is 0. The van der Waals surface area contributed by atoms with Crippen molar-refractivity contribution in [2.45, 2.75) is 44.7 Å². The van der Waals surface area contributed by atoms with Crippen LogP contribution >= 0.6 is 0 Å². The quantitative estimate of drug-likeness (QED) is 0.845. The molecule has 0 bridgehead atoms. The van der Waals surface area contributed by atoms with Crippen LogP contribution in [0.4, 0.5) is 8.78 Å². The molecule has 0 aliphatic rings. The van der Waals surface area contributed by atoms with Crippen LogP contribution in [0.1, 0.15) is 32.8 Å². The van der Waals surface area contributed by atoms with Crippen molar-refractivity contribution in [1.82, 2.24) is 4.72 Å². The van der Waals surface area contributed by atoms with E-state index in [4.69, 9.17) is 5.73 Å². The molecule has 1 unspecified atom stereocenters. The minimum Gasteiger partial charge on any atom is -0.326 e.